The average molecular weight is 212 g/mol. The van der Waals surface area contributed by atoms with Gasteiger partial charge in [-0.25, -0.2) is 0 Å². The second kappa shape index (κ2) is 5.47. The number of amides is 1. The highest BCUT2D eigenvalue weighted by Gasteiger charge is 2.16. The van der Waals surface area contributed by atoms with Crippen molar-refractivity contribution >= 4 is 11.7 Å². The van der Waals surface area contributed by atoms with E-state index in [1.54, 1.807) is 6.07 Å². The topological polar surface area (TPSA) is 93.0 Å². The summed E-state index contributed by atoms with van der Waals surface area (Å²) in [6, 6.07) is 1.78. The number of aromatic nitrogens is 2. The summed E-state index contributed by atoms with van der Waals surface area (Å²) < 4.78 is 4.89. The Morgan fingerprint density at radius 2 is 2.53 bits per heavy atom. The van der Waals surface area contributed by atoms with E-state index in [-0.39, 0.29) is 12.5 Å². The Bertz CT molecular complexity index is 320. The van der Waals surface area contributed by atoms with Gasteiger partial charge in [-0.1, -0.05) is 6.92 Å². The van der Waals surface area contributed by atoms with Crippen LogP contribution in [-0.4, -0.2) is 35.9 Å². The first-order valence-electron chi connectivity index (χ1n) is 4.79. The normalized spacial score (nSPS) is 12.5. The number of nitrogens with one attached hydrogen (secondary N) is 2. The third kappa shape index (κ3) is 3.03. The molecule has 84 valence electrons. The van der Waals surface area contributed by atoms with Gasteiger partial charge in [-0.05, 0) is 6.42 Å². The van der Waals surface area contributed by atoms with E-state index >= 15 is 0 Å². The van der Waals surface area contributed by atoms with E-state index in [1.165, 1.54) is 7.11 Å². The van der Waals surface area contributed by atoms with Gasteiger partial charge in [0.05, 0.1) is 0 Å². The fraction of sp³-hybridized carbons (Fsp3) is 0.556. The van der Waals surface area contributed by atoms with Gasteiger partial charge in [0.1, 0.15) is 6.10 Å². The van der Waals surface area contributed by atoms with Crippen molar-refractivity contribution in [3.63, 3.8) is 0 Å². The van der Waals surface area contributed by atoms with E-state index < -0.39 is 6.10 Å². The molecule has 0 aromatic carbocycles. The van der Waals surface area contributed by atoms with Crippen molar-refractivity contribution in [2.45, 2.75) is 19.4 Å². The molecular weight excluding hydrogens is 196 g/mol. The minimum atomic E-state index is -0.633. The highest BCUT2D eigenvalue weighted by Crippen LogP contribution is 2.06. The number of nitrogens with two attached hydrogens (primary N) is 1. The van der Waals surface area contributed by atoms with Crippen molar-refractivity contribution in [3.8, 4) is 0 Å². The SMILES string of the molecule is CCc1cc(NC(=O)C(CN)OC)n[nH]1. The number of aromatic amines is 1. The molecule has 1 unspecified atom stereocenters. The van der Waals surface area contributed by atoms with E-state index in [4.69, 9.17) is 10.5 Å². The molecule has 0 aliphatic heterocycles. The first-order valence-corrected chi connectivity index (χ1v) is 4.79. The maximum atomic E-state index is 11.5. The van der Waals surface area contributed by atoms with Crippen molar-refractivity contribution in [2.24, 2.45) is 5.73 Å². The summed E-state index contributed by atoms with van der Waals surface area (Å²) in [6.07, 6.45) is 0.208. The first kappa shape index (κ1) is 11.7. The van der Waals surface area contributed by atoms with Crippen LogP contribution in [0.15, 0.2) is 6.07 Å². The van der Waals surface area contributed by atoms with Crippen LogP contribution in [0, 0.1) is 0 Å². The van der Waals surface area contributed by atoms with Crippen molar-refractivity contribution in [1.29, 1.82) is 0 Å². The Hall–Kier alpha value is -1.40. The van der Waals surface area contributed by atoms with E-state index in [2.05, 4.69) is 15.5 Å². The number of hydrogen-bond acceptors (Lipinski definition) is 4. The number of nitrogens with zero attached hydrogens (tertiary/aromatic N) is 1. The number of carbonyl (C=O) groups is 1. The number of aryl methyl sites for hydroxylation is 1. The van der Waals surface area contributed by atoms with E-state index in [1.807, 2.05) is 6.92 Å². The molecule has 0 aliphatic carbocycles. The predicted molar refractivity (Wildman–Crippen MR) is 56.4 cm³/mol. The average Bonchev–Trinajstić information content (AvgIpc) is 2.67. The van der Waals surface area contributed by atoms with Gasteiger partial charge in [-0.3, -0.25) is 9.89 Å². The molecule has 0 saturated carbocycles. The van der Waals surface area contributed by atoms with E-state index in [0.29, 0.717) is 5.82 Å². The number of carbonyl (C=O) groups excluding carboxylic acids is 1. The molecule has 6 nitrogen and oxygen atoms in total. The molecule has 0 saturated heterocycles. The lowest BCUT2D eigenvalue weighted by Gasteiger charge is -2.10. The molecule has 1 aromatic rings. The van der Waals surface area contributed by atoms with Crippen molar-refractivity contribution in [3.05, 3.63) is 11.8 Å². The molecule has 0 bridgehead atoms. The molecular formula is C9H16N4O2. The number of hydrogen-bond donors (Lipinski definition) is 3. The lowest BCUT2D eigenvalue weighted by atomic mass is 10.3. The van der Waals surface area contributed by atoms with Gasteiger partial charge in [0.2, 0.25) is 0 Å². The lowest BCUT2D eigenvalue weighted by molar-refractivity contribution is -0.125. The summed E-state index contributed by atoms with van der Waals surface area (Å²) in [5, 5.41) is 9.34. The molecule has 4 N–H and O–H groups in total. The minimum Gasteiger partial charge on any atom is -0.370 e. The molecule has 1 atom stereocenters. The van der Waals surface area contributed by atoms with Crippen LogP contribution >= 0.6 is 0 Å². The Balaban J connectivity index is 2.57. The van der Waals surface area contributed by atoms with Crippen LogP contribution in [0.4, 0.5) is 5.82 Å². The Labute approximate surface area is 88.2 Å². The highest BCUT2D eigenvalue weighted by molar-refractivity contribution is 5.93. The third-order valence-electron chi connectivity index (χ3n) is 2.05. The fourth-order valence-electron chi connectivity index (χ4n) is 1.12. The van der Waals surface area contributed by atoms with Gasteiger partial charge in [0, 0.05) is 25.4 Å². The largest absolute Gasteiger partial charge is 0.370 e. The lowest BCUT2D eigenvalue weighted by Crippen LogP contribution is -2.36. The summed E-state index contributed by atoms with van der Waals surface area (Å²) in [5.41, 5.74) is 6.32. The predicted octanol–water partition coefficient (Wildman–Crippen LogP) is -0.116. The Morgan fingerprint density at radius 3 is 3.00 bits per heavy atom. The Kier molecular flexibility index (Phi) is 4.26. The van der Waals surface area contributed by atoms with Crippen LogP contribution in [0.5, 0.6) is 0 Å². The number of anilines is 1. The minimum absolute atomic E-state index is 0.146. The van der Waals surface area contributed by atoms with Gasteiger partial charge in [-0.2, -0.15) is 5.10 Å². The smallest absolute Gasteiger partial charge is 0.256 e. The molecule has 0 spiro atoms. The zero-order chi connectivity index (χ0) is 11.3. The number of rotatable bonds is 5. The molecule has 1 amide bonds. The van der Waals surface area contributed by atoms with Gasteiger partial charge < -0.3 is 15.8 Å². The van der Waals surface area contributed by atoms with Crippen molar-refractivity contribution < 1.29 is 9.53 Å². The maximum Gasteiger partial charge on any atom is 0.256 e. The van der Waals surface area contributed by atoms with Crippen LogP contribution in [-0.2, 0) is 16.0 Å². The van der Waals surface area contributed by atoms with Crippen LogP contribution in [0.3, 0.4) is 0 Å². The molecule has 1 aromatic heterocycles. The molecule has 1 heterocycles. The number of H-pyrrole nitrogens is 1. The van der Waals surface area contributed by atoms with Gasteiger partial charge >= 0.3 is 0 Å². The molecule has 15 heavy (non-hydrogen) atoms. The highest BCUT2D eigenvalue weighted by atomic mass is 16.5. The van der Waals surface area contributed by atoms with Crippen LogP contribution in [0.2, 0.25) is 0 Å². The second-order valence-electron chi connectivity index (χ2n) is 3.08. The second-order valence-corrected chi connectivity index (χ2v) is 3.08. The zero-order valence-electron chi connectivity index (χ0n) is 8.91. The monoisotopic (exact) mass is 212 g/mol. The molecule has 0 fully saturated rings. The summed E-state index contributed by atoms with van der Waals surface area (Å²) in [6.45, 7) is 2.14. The summed E-state index contributed by atoms with van der Waals surface area (Å²) in [5.74, 6) is 0.210. The van der Waals surface area contributed by atoms with E-state index in [0.717, 1.165) is 12.1 Å². The molecule has 6 heteroatoms. The van der Waals surface area contributed by atoms with Gasteiger partial charge in [0.15, 0.2) is 5.82 Å². The van der Waals surface area contributed by atoms with Crippen LogP contribution < -0.4 is 11.1 Å². The summed E-state index contributed by atoms with van der Waals surface area (Å²) >= 11 is 0. The molecule has 1 rings (SSSR count). The fourth-order valence-corrected chi connectivity index (χ4v) is 1.12. The van der Waals surface area contributed by atoms with Crippen molar-refractivity contribution in [1.82, 2.24) is 10.2 Å². The van der Waals surface area contributed by atoms with Crippen LogP contribution in [0.1, 0.15) is 12.6 Å². The number of ether oxygens (including phenoxy) is 1. The first-order chi connectivity index (χ1) is 7.21. The number of methoxy groups -OCH3 is 1. The zero-order valence-corrected chi connectivity index (χ0v) is 8.91. The molecule has 0 radical (unpaired) electrons. The standard InChI is InChI=1S/C9H16N4O2/c1-3-6-4-8(13-12-6)11-9(14)7(5-10)15-2/h4,7H,3,5,10H2,1-2H3,(H2,11,12,13,14). The summed E-state index contributed by atoms with van der Waals surface area (Å²) in [4.78, 5) is 11.5. The van der Waals surface area contributed by atoms with Gasteiger partial charge in [0.25, 0.3) is 5.91 Å². The van der Waals surface area contributed by atoms with E-state index in [9.17, 15) is 4.79 Å². The van der Waals surface area contributed by atoms with Gasteiger partial charge in [-0.15, -0.1) is 0 Å². The van der Waals surface area contributed by atoms with Crippen molar-refractivity contribution in [2.75, 3.05) is 19.0 Å². The third-order valence-corrected chi connectivity index (χ3v) is 2.05. The Morgan fingerprint density at radius 1 is 1.80 bits per heavy atom. The summed E-state index contributed by atoms with van der Waals surface area (Å²) in [7, 11) is 1.44. The maximum absolute atomic E-state index is 11.5. The molecule has 0 aliphatic rings. The van der Waals surface area contributed by atoms with Crippen LogP contribution in [0.25, 0.3) is 0 Å². The quantitative estimate of drug-likeness (QED) is 0.634.